The van der Waals surface area contributed by atoms with Crippen molar-refractivity contribution in [1.82, 2.24) is 10.6 Å². The molecular weight excluding hydrogens is 349 g/mol. The Morgan fingerprint density at radius 1 is 1.33 bits per heavy atom. The molecule has 1 amide bonds. The number of ether oxygens (including phenoxy) is 1. The zero-order valence-corrected chi connectivity index (χ0v) is 15.8. The number of hydrogen-bond donors (Lipinski definition) is 2. The van der Waals surface area contributed by atoms with Gasteiger partial charge in [0.1, 0.15) is 5.75 Å². The molecule has 2 N–H and O–H groups in total. The Labute approximate surface area is 156 Å². The Hall–Kier alpha value is -1.17. The number of nitrogens with zero attached hydrogens (tertiary/aromatic N) is 1. The topological polar surface area (TPSA) is 53.6 Å². The summed E-state index contributed by atoms with van der Waals surface area (Å²) in [6.07, 6.45) is 0.986. The highest BCUT2D eigenvalue weighted by atomic mass is 35.5. The van der Waals surface area contributed by atoms with Gasteiger partial charge in [0.15, 0.2) is 0 Å². The highest BCUT2D eigenvalue weighted by Gasteiger charge is 2.32. The molecular formula is C17H27Cl2N3O2. The molecule has 1 aromatic carbocycles. The molecule has 0 spiro atoms. The lowest BCUT2D eigenvalue weighted by molar-refractivity contribution is -0.127. The van der Waals surface area contributed by atoms with Crippen LogP contribution in [0.3, 0.4) is 0 Å². The second kappa shape index (κ2) is 9.35. The summed E-state index contributed by atoms with van der Waals surface area (Å²) in [5.41, 5.74) is 1.11. The maximum Gasteiger partial charge on any atom is 0.223 e. The van der Waals surface area contributed by atoms with Crippen molar-refractivity contribution in [3.8, 4) is 5.75 Å². The van der Waals surface area contributed by atoms with Gasteiger partial charge in [0.25, 0.3) is 0 Å². The van der Waals surface area contributed by atoms with Gasteiger partial charge in [0, 0.05) is 25.0 Å². The smallest absolute Gasteiger partial charge is 0.223 e. The van der Waals surface area contributed by atoms with Gasteiger partial charge >= 0.3 is 0 Å². The minimum absolute atomic E-state index is 0. The monoisotopic (exact) mass is 375 g/mol. The second-order valence-corrected chi connectivity index (χ2v) is 6.32. The van der Waals surface area contributed by atoms with Crippen LogP contribution in [0, 0.1) is 11.8 Å². The van der Waals surface area contributed by atoms with E-state index in [0.717, 1.165) is 44.0 Å². The standard InChI is InChI=1S/C17H25N3O2.2ClH/c1-12(13-9-18-10-13)17(21)19-14-7-8-20(11-14)15-5-3-4-6-16(15)22-2;;/h3-6,12-14,18H,7-11H2,1-2H3,(H,19,21);2*1H. The number of nitrogens with one attached hydrogen (secondary N) is 2. The lowest BCUT2D eigenvalue weighted by Gasteiger charge is -2.32. The van der Waals surface area contributed by atoms with E-state index in [-0.39, 0.29) is 42.7 Å². The lowest BCUT2D eigenvalue weighted by atomic mass is 9.88. The average Bonchev–Trinajstić information content (AvgIpc) is 2.93. The molecule has 2 heterocycles. The van der Waals surface area contributed by atoms with E-state index < -0.39 is 0 Å². The number of anilines is 1. The van der Waals surface area contributed by atoms with Crippen molar-refractivity contribution in [3.05, 3.63) is 24.3 Å². The Kier molecular flexibility index (Phi) is 8.13. The maximum atomic E-state index is 12.3. The minimum atomic E-state index is 0. The van der Waals surface area contributed by atoms with Crippen molar-refractivity contribution >= 4 is 36.4 Å². The van der Waals surface area contributed by atoms with Crippen molar-refractivity contribution < 1.29 is 9.53 Å². The molecule has 136 valence electrons. The molecule has 2 fully saturated rings. The van der Waals surface area contributed by atoms with Crippen molar-refractivity contribution in [1.29, 1.82) is 0 Å². The Morgan fingerprint density at radius 3 is 2.67 bits per heavy atom. The number of amides is 1. The fraction of sp³-hybridized carbons (Fsp3) is 0.588. The first-order valence-electron chi connectivity index (χ1n) is 8.08. The third-order valence-electron chi connectivity index (χ3n) is 4.89. The summed E-state index contributed by atoms with van der Waals surface area (Å²) >= 11 is 0. The molecule has 2 aliphatic rings. The van der Waals surface area contributed by atoms with Gasteiger partial charge in [0.05, 0.1) is 12.8 Å². The summed E-state index contributed by atoms with van der Waals surface area (Å²) in [4.78, 5) is 14.6. The van der Waals surface area contributed by atoms with E-state index in [2.05, 4.69) is 21.6 Å². The molecule has 24 heavy (non-hydrogen) atoms. The summed E-state index contributed by atoms with van der Waals surface area (Å²) in [5.74, 6) is 1.68. The molecule has 0 saturated carbocycles. The zero-order valence-electron chi connectivity index (χ0n) is 14.2. The van der Waals surface area contributed by atoms with E-state index in [9.17, 15) is 4.79 Å². The van der Waals surface area contributed by atoms with Crippen molar-refractivity contribution in [2.24, 2.45) is 11.8 Å². The number of rotatable bonds is 5. The van der Waals surface area contributed by atoms with Crippen molar-refractivity contribution in [3.63, 3.8) is 0 Å². The summed E-state index contributed by atoms with van der Waals surface area (Å²) in [7, 11) is 1.70. The van der Waals surface area contributed by atoms with E-state index >= 15 is 0 Å². The number of methoxy groups -OCH3 is 1. The average molecular weight is 376 g/mol. The SMILES string of the molecule is COc1ccccc1N1CCC(NC(=O)C(C)C2CNC2)C1.Cl.Cl. The number of para-hydroxylation sites is 2. The fourth-order valence-corrected chi connectivity index (χ4v) is 3.20. The van der Waals surface area contributed by atoms with Gasteiger partial charge in [-0.1, -0.05) is 19.1 Å². The van der Waals surface area contributed by atoms with Crippen molar-refractivity contribution in [2.45, 2.75) is 19.4 Å². The molecule has 0 bridgehead atoms. The molecule has 3 rings (SSSR count). The summed E-state index contributed by atoms with van der Waals surface area (Å²) in [6.45, 7) is 5.76. The third kappa shape index (κ3) is 4.47. The second-order valence-electron chi connectivity index (χ2n) is 6.32. The molecule has 2 unspecified atom stereocenters. The molecule has 0 radical (unpaired) electrons. The van der Waals surface area contributed by atoms with E-state index in [1.807, 2.05) is 25.1 Å². The van der Waals surface area contributed by atoms with E-state index in [0.29, 0.717) is 5.92 Å². The first-order valence-corrected chi connectivity index (χ1v) is 8.08. The van der Waals surface area contributed by atoms with Crippen molar-refractivity contribution in [2.75, 3.05) is 38.2 Å². The van der Waals surface area contributed by atoms with Gasteiger partial charge in [-0.3, -0.25) is 4.79 Å². The lowest BCUT2D eigenvalue weighted by Crippen LogP contribution is -2.51. The number of benzene rings is 1. The molecule has 0 aromatic heterocycles. The van der Waals surface area contributed by atoms with Gasteiger partial charge in [-0.25, -0.2) is 0 Å². The summed E-state index contributed by atoms with van der Waals surface area (Å²) < 4.78 is 5.43. The number of carbonyl (C=O) groups excluding carboxylic acids is 1. The number of hydrogen-bond acceptors (Lipinski definition) is 4. The Balaban J connectivity index is 0.00000144. The Morgan fingerprint density at radius 2 is 2.04 bits per heavy atom. The normalized spacial score (nSPS) is 21.1. The van der Waals surface area contributed by atoms with Gasteiger partial charge in [-0.05, 0) is 37.6 Å². The molecule has 0 aliphatic carbocycles. The predicted molar refractivity (Wildman–Crippen MR) is 102 cm³/mol. The van der Waals surface area contributed by atoms with Crippen LogP contribution >= 0.6 is 24.8 Å². The molecule has 7 heteroatoms. The van der Waals surface area contributed by atoms with Crippen LogP contribution in [0.2, 0.25) is 0 Å². The molecule has 5 nitrogen and oxygen atoms in total. The fourth-order valence-electron chi connectivity index (χ4n) is 3.20. The quantitative estimate of drug-likeness (QED) is 0.827. The molecule has 2 atom stereocenters. The Bertz CT molecular complexity index is 540. The predicted octanol–water partition coefficient (Wildman–Crippen LogP) is 2.09. The van der Waals surface area contributed by atoms with E-state index in [1.165, 1.54) is 0 Å². The largest absolute Gasteiger partial charge is 0.495 e. The first-order chi connectivity index (χ1) is 10.7. The van der Waals surface area contributed by atoms with Crippen LogP contribution in [0.25, 0.3) is 0 Å². The zero-order chi connectivity index (χ0) is 15.5. The molecule has 2 saturated heterocycles. The van der Waals surface area contributed by atoms with E-state index in [1.54, 1.807) is 7.11 Å². The van der Waals surface area contributed by atoms with Crippen LogP contribution in [0.5, 0.6) is 5.75 Å². The third-order valence-corrected chi connectivity index (χ3v) is 4.89. The van der Waals surface area contributed by atoms with Crippen LogP contribution in [-0.2, 0) is 4.79 Å². The van der Waals surface area contributed by atoms with Gasteiger partial charge in [-0.2, -0.15) is 0 Å². The van der Waals surface area contributed by atoms with Gasteiger partial charge < -0.3 is 20.3 Å². The first kappa shape index (κ1) is 20.9. The molecule has 2 aliphatic heterocycles. The highest BCUT2D eigenvalue weighted by molar-refractivity contribution is 5.85. The van der Waals surface area contributed by atoms with Crippen LogP contribution in [0.1, 0.15) is 13.3 Å². The number of halogens is 2. The van der Waals surface area contributed by atoms with Crippen LogP contribution in [0.15, 0.2) is 24.3 Å². The van der Waals surface area contributed by atoms with Crippen LogP contribution < -0.4 is 20.3 Å². The summed E-state index contributed by atoms with van der Waals surface area (Å²) in [5, 5.41) is 6.45. The van der Waals surface area contributed by atoms with Crippen LogP contribution in [-0.4, -0.2) is 45.2 Å². The molecule has 1 aromatic rings. The van der Waals surface area contributed by atoms with Gasteiger partial charge in [-0.15, -0.1) is 24.8 Å². The van der Waals surface area contributed by atoms with Crippen LogP contribution in [0.4, 0.5) is 5.69 Å². The minimum Gasteiger partial charge on any atom is -0.495 e. The summed E-state index contributed by atoms with van der Waals surface area (Å²) in [6, 6.07) is 8.29. The highest BCUT2D eigenvalue weighted by Crippen LogP contribution is 2.30. The van der Waals surface area contributed by atoms with E-state index in [4.69, 9.17) is 4.74 Å². The maximum absolute atomic E-state index is 12.3. The number of carbonyl (C=O) groups is 1. The van der Waals surface area contributed by atoms with Gasteiger partial charge in [0.2, 0.25) is 5.91 Å².